The van der Waals surface area contributed by atoms with Crippen LogP contribution >= 0.6 is 0 Å². The van der Waals surface area contributed by atoms with Crippen LogP contribution in [-0.2, 0) is 16.6 Å². The number of nitrogens with zero attached hydrogens (tertiary/aromatic N) is 3. The number of hydrogen-bond acceptors (Lipinski definition) is 6. The number of hydrogen-bond donors (Lipinski definition) is 2. The van der Waals surface area contributed by atoms with Gasteiger partial charge in [0.05, 0.1) is 0 Å². The van der Waals surface area contributed by atoms with E-state index in [9.17, 15) is 8.42 Å². The average molecular weight is 317 g/mol. The molecule has 1 fully saturated rings. The first-order valence-electron chi connectivity index (χ1n) is 7.33. The van der Waals surface area contributed by atoms with Crippen LogP contribution in [0.4, 0.5) is 0 Å². The second-order valence-corrected chi connectivity index (χ2v) is 6.89. The lowest BCUT2D eigenvalue weighted by molar-refractivity contribution is 0.266. The van der Waals surface area contributed by atoms with Gasteiger partial charge in [-0.15, -0.1) is 0 Å². The highest BCUT2D eigenvalue weighted by molar-refractivity contribution is 7.87. The van der Waals surface area contributed by atoms with Gasteiger partial charge in [0, 0.05) is 26.1 Å². The zero-order valence-corrected chi connectivity index (χ0v) is 13.1. The fourth-order valence-corrected chi connectivity index (χ4v) is 3.62. The average Bonchev–Trinajstić information content (AvgIpc) is 2.98. The number of piperidine rings is 1. The Labute approximate surface area is 125 Å². The first-order valence-corrected chi connectivity index (χ1v) is 8.77. The number of rotatable bonds is 8. The summed E-state index contributed by atoms with van der Waals surface area (Å²) in [4.78, 5) is 3.85. The summed E-state index contributed by atoms with van der Waals surface area (Å²) in [5.41, 5.74) is 0. The van der Waals surface area contributed by atoms with Crippen molar-refractivity contribution < 1.29 is 12.9 Å². The molecular weight excluding hydrogens is 294 g/mol. The van der Waals surface area contributed by atoms with Gasteiger partial charge in [-0.25, -0.2) is 4.72 Å². The molecule has 0 bridgehead atoms. The molecule has 2 heterocycles. The molecule has 1 aliphatic rings. The van der Waals surface area contributed by atoms with Crippen LogP contribution in [0.5, 0.6) is 0 Å². The van der Waals surface area contributed by atoms with E-state index in [2.05, 4.69) is 27.1 Å². The van der Waals surface area contributed by atoms with Crippen molar-refractivity contribution in [2.45, 2.75) is 26.2 Å². The molecule has 0 amide bonds. The van der Waals surface area contributed by atoms with Gasteiger partial charge in [0.2, 0.25) is 5.89 Å². The third-order valence-corrected chi connectivity index (χ3v) is 5.24. The topological polar surface area (TPSA) is 100 Å². The van der Waals surface area contributed by atoms with E-state index in [4.69, 9.17) is 4.52 Å². The van der Waals surface area contributed by atoms with Crippen molar-refractivity contribution >= 4 is 10.2 Å². The predicted octanol–water partition coefficient (Wildman–Crippen LogP) is -0.232. The van der Waals surface area contributed by atoms with Crippen LogP contribution in [0.3, 0.4) is 0 Å². The first-order chi connectivity index (χ1) is 10.1. The van der Waals surface area contributed by atoms with E-state index in [0.29, 0.717) is 31.3 Å². The monoisotopic (exact) mass is 317 g/mol. The molecule has 0 aromatic carbocycles. The summed E-state index contributed by atoms with van der Waals surface area (Å²) in [5, 5.41) is 6.79. The van der Waals surface area contributed by atoms with Crippen LogP contribution in [0.25, 0.3) is 0 Å². The quantitative estimate of drug-likeness (QED) is 0.687. The molecular formula is C12H23N5O3S. The zero-order chi connectivity index (χ0) is 15.1. The highest BCUT2D eigenvalue weighted by atomic mass is 32.2. The molecule has 1 saturated heterocycles. The van der Waals surface area contributed by atoms with E-state index in [1.165, 1.54) is 10.6 Å². The molecule has 0 aliphatic carbocycles. The molecule has 21 heavy (non-hydrogen) atoms. The fraction of sp³-hybridized carbons (Fsp3) is 0.833. The molecule has 8 nitrogen and oxygen atoms in total. The maximum Gasteiger partial charge on any atom is 0.279 e. The third kappa shape index (κ3) is 5.03. The predicted molar refractivity (Wildman–Crippen MR) is 77.8 cm³/mol. The molecule has 1 aromatic heterocycles. The minimum atomic E-state index is -3.41. The Morgan fingerprint density at radius 3 is 2.81 bits per heavy atom. The summed E-state index contributed by atoms with van der Waals surface area (Å²) in [7, 11) is -3.41. The molecule has 9 heteroatoms. The van der Waals surface area contributed by atoms with Gasteiger partial charge < -0.3 is 9.84 Å². The number of aromatic nitrogens is 2. The van der Waals surface area contributed by atoms with E-state index in [-0.39, 0.29) is 6.54 Å². The minimum Gasteiger partial charge on any atom is -0.340 e. The smallest absolute Gasteiger partial charge is 0.279 e. The molecule has 2 rings (SSSR count). The molecule has 2 N–H and O–H groups in total. The summed E-state index contributed by atoms with van der Waals surface area (Å²) in [6, 6.07) is 0. The molecule has 0 radical (unpaired) electrons. The fourth-order valence-electron chi connectivity index (χ4n) is 2.39. The highest BCUT2D eigenvalue weighted by Gasteiger charge is 2.27. The molecule has 1 aromatic rings. The van der Waals surface area contributed by atoms with Crippen molar-refractivity contribution in [1.29, 1.82) is 0 Å². The molecule has 0 saturated carbocycles. The van der Waals surface area contributed by atoms with Crippen LogP contribution < -0.4 is 10.0 Å². The Hall–Kier alpha value is -1.03. The van der Waals surface area contributed by atoms with Gasteiger partial charge in [0.1, 0.15) is 0 Å². The third-order valence-electron chi connectivity index (χ3n) is 3.63. The lowest BCUT2D eigenvalue weighted by atomic mass is 9.98. The van der Waals surface area contributed by atoms with E-state index >= 15 is 0 Å². The van der Waals surface area contributed by atoms with Gasteiger partial charge in [-0.2, -0.15) is 17.7 Å². The van der Waals surface area contributed by atoms with E-state index in [1.807, 2.05) is 0 Å². The Kier molecular flexibility index (Phi) is 6.09. The van der Waals surface area contributed by atoms with Crippen molar-refractivity contribution in [3.63, 3.8) is 0 Å². The summed E-state index contributed by atoms with van der Waals surface area (Å²) in [6.45, 7) is 5.41. The standard InChI is InChI=1S/C12H23N5O3S/c1-2-13-9-11-4-7-17(8-5-11)21(18,19)16-6-3-12-14-10-15-20-12/h10-11,13,16H,2-9H2,1H3. The molecule has 120 valence electrons. The van der Waals surface area contributed by atoms with E-state index < -0.39 is 10.2 Å². The Morgan fingerprint density at radius 2 is 2.19 bits per heavy atom. The highest BCUT2D eigenvalue weighted by Crippen LogP contribution is 2.18. The minimum absolute atomic E-state index is 0.266. The molecule has 0 atom stereocenters. The van der Waals surface area contributed by atoms with Gasteiger partial charge in [0.15, 0.2) is 6.33 Å². The maximum absolute atomic E-state index is 12.2. The van der Waals surface area contributed by atoms with Crippen LogP contribution in [-0.4, -0.2) is 55.6 Å². The second-order valence-electron chi connectivity index (χ2n) is 5.13. The number of nitrogens with one attached hydrogen (secondary N) is 2. The van der Waals surface area contributed by atoms with Crippen LogP contribution in [0, 0.1) is 5.92 Å². The SMILES string of the molecule is CCNCC1CCN(S(=O)(=O)NCCc2ncno2)CC1. The first kappa shape index (κ1) is 16.3. The van der Waals surface area contributed by atoms with Crippen molar-refractivity contribution in [1.82, 2.24) is 24.5 Å². The summed E-state index contributed by atoms with van der Waals surface area (Å²) in [6.07, 6.45) is 3.50. The van der Waals surface area contributed by atoms with Crippen molar-refractivity contribution in [2.24, 2.45) is 5.92 Å². The Bertz CT molecular complexity index is 497. The van der Waals surface area contributed by atoms with Crippen molar-refractivity contribution in [2.75, 3.05) is 32.7 Å². The van der Waals surface area contributed by atoms with Gasteiger partial charge in [-0.3, -0.25) is 0 Å². The normalized spacial score (nSPS) is 18.1. The van der Waals surface area contributed by atoms with Crippen molar-refractivity contribution in [3.8, 4) is 0 Å². The van der Waals surface area contributed by atoms with Gasteiger partial charge >= 0.3 is 0 Å². The van der Waals surface area contributed by atoms with Gasteiger partial charge in [-0.1, -0.05) is 12.1 Å². The Morgan fingerprint density at radius 1 is 1.43 bits per heavy atom. The van der Waals surface area contributed by atoms with Crippen LogP contribution in [0.2, 0.25) is 0 Å². The van der Waals surface area contributed by atoms with Crippen molar-refractivity contribution in [3.05, 3.63) is 12.2 Å². The lowest BCUT2D eigenvalue weighted by Crippen LogP contribution is -2.46. The molecule has 1 aliphatic heterocycles. The molecule has 0 unspecified atom stereocenters. The maximum atomic E-state index is 12.2. The lowest BCUT2D eigenvalue weighted by Gasteiger charge is -2.31. The van der Waals surface area contributed by atoms with Gasteiger partial charge in [0.25, 0.3) is 10.2 Å². The zero-order valence-electron chi connectivity index (χ0n) is 12.3. The largest absolute Gasteiger partial charge is 0.340 e. The summed E-state index contributed by atoms with van der Waals surface area (Å²) < 4.78 is 33.3. The Balaban J connectivity index is 1.73. The van der Waals surface area contributed by atoms with E-state index in [1.54, 1.807) is 0 Å². The van der Waals surface area contributed by atoms with Gasteiger partial charge in [-0.05, 0) is 31.8 Å². The second kappa shape index (κ2) is 7.83. The van der Waals surface area contributed by atoms with Crippen LogP contribution in [0.15, 0.2) is 10.9 Å². The van der Waals surface area contributed by atoms with E-state index in [0.717, 1.165) is 25.9 Å². The van der Waals surface area contributed by atoms with Crippen LogP contribution in [0.1, 0.15) is 25.7 Å². The molecule has 0 spiro atoms. The summed E-state index contributed by atoms with van der Waals surface area (Å²) >= 11 is 0. The summed E-state index contributed by atoms with van der Waals surface area (Å²) in [5.74, 6) is 0.997.